The number of methoxy groups -OCH3 is 1. The highest BCUT2D eigenvalue weighted by atomic mass is 35.5. The normalized spacial score (nSPS) is 19.3. The minimum Gasteiger partial charge on any atom is -0.467 e. The first-order valence-electron chi connectivity index (χ1n) is 10.2. The van der Waals surface area contributed by atoms with E-state index in [1.165, 1.54) is 7.11 Å². The van der Waals surface area contributed by atoms with Crippen molar-refractivity contribution in [2.45, 2.75) is 19.0 Å². The molecule has 2 heterocycles. The quantitative estimate of drug-likeness (QED) is 0.702. The van der Waals surface area contributed by atoms with Crippen molar-refractivity contribution in [1.82, 2.24) is 9.80 Å². The van der Waals surface area contributed by atoms with E-state index in [9.17, 15) is 9.59 Å². The molecule has 0 aliphatic carbocycles. The number of piperazine rings is 1. The van der Waals surface area contributed by atoms with E-state index in [-0.39, 0.29) is 11.9 Å². The van der Waals surface area contributed by atoms with Crippen LogP contribution in [0.15, 0.2) is 48.5 Å². The summed E-state index contributed by atoms with van der Waals surface area (Å²) in [6, 6.07) is 15.2. The number of nitrogens with zero attached hydrogens (tertiary/aromatic N) is 3. The zero-order chi connectivity index (χ0) is 21.1. The van der Waals surface area contributed by atoms with Crippen LogP contribution >= 0.6 is 11.6 Å². The largest absolute Gasteiger partial charge is 0.467 e. The molecule has 7 heteroatoms. The summed E-state index contributed by atoms with van der Waals surface area (Å²) in [4.78, 5) is 31.6. The van der Waals surface area contributed by atoms with Gasteiger partial charge in [0.25, 0.3) is 0 Å². The van der Waals surface area contributed by atoms with Crippen LogP contribution in [0.3, 0.4) is 0 Å². The van der Waals surface area contributed by atoms with E-state index in [1.54, 1.807) is 4.90 Å². The number of amides is 1. The lowest BCUT2D eigenvalue weighted by atomic mass is 9.94. The molecule has 0 N–H and O–H groups in total. The minimum atomic E-state index is -0.565. The Hall–Kier alpha value is -2.57. The van der Waals surface area contributed by atoms with E-state index in [0.717, 1.165) is 48.0 Å². The maximum atomic E-state index is 13.1. The molecule has 30 heavy (non-hydrogen) atoms. The summed E-state index contributed by atoms with van der Waals surface area (Å²) in [5.41, 5.74) is 3.30. The second kappa shape index (κ2) is 9.06. The molecule has 4 rings (SSSR count). The zero-order valence-electron chi connectivity index (χ0n) is 17.1. The number of anilines is 1. The lowest BCUT2D eigenvalue weighted by molar-refractivity contribution is -0.154. The number of fused-ring (bicyclic) bond motifs is 1. The molecular weight excluding hydrogens is 402 g/mol. The van der Waals surface area contributed by atoms with Gasteiger partial charge in [-0.15, -0.1) is 0 Å². The first-order valence-corrected chi connectivity index (χ1v) is 10.6. The fraction of sp³-hybridized carbons (Fsp3) is 0.391. The number of carbonyl (C=O) groups is 2. The van der Waals surface area contributed by atoms with Gasteiger partial charge in [0.1, 0.15) is 6.04 Å². The summed E-state index contributed by atoms with van der Waals surface area (Å²) in [6.45, 7) is 3.97. The van der Waals surface area contributed by atoms with Crippen molar-refractivity contribution in [3.63, 3.8) is 0 Å². The van der Waals surface area contributed by atoms with Gasteiger partial charge in [-0.1, -0.05) is 41.9 Å². The van der Waals surface area contributed by atoms with Crippen molar-refractivity contribution in [1.29, 1.82) is 0 Å². The molecule has 2 aromatic carbocycles. The van der Waals surface area contributed by atoms with Gasteiger partial charge in [0, 0.05) is 49.9 Å². The Bertz CT molecular complexity index is 927. The van der Waals surface area contributed by atoms with Crippen LogP contribution < -0.4 is 4.90 Å². The molecule has 1 saturated heterocycles. The zero-order valence-corrected chi connectivity index (χ0v) is 17.8. The lowest BCUT2D eigenvalue weighted by Crippen LogP contribution is -2.54. The number of halogens is 1. The van der Waals surface area contributed by atoms with Crippen LogP contribution in [0.2, 0.25) is 5.02 Å². The molecule has 0 spiro atoms. The summed E-state index contributed by atoms with van der Waals surface area (Å²) in [5, 5.41) is 0.726. The number of benzene rings is 2. The van der Waals surface area contributed by atoms with Gasteiger partial charge in [-0.2, -0.15) is 0 Å². The SMILES string of the molecule is COC(=O)C1Cc2ccccc2CN1C(=O)CN1CCN(c2cccc(Cl)c2)CC1. The Morgan fingerprint density at radius 2 is 1.77 bits per heavy atom. The second-order valence-corrected chi connectivity index (χ2v) is 8.21. The van der Waals surface area contributed by atoms with Gasteiger partial charge >= 0.3 is 5.97 Å². The summed E-state index contributed by atoms with van der Waals surface area (Å²) in [7, 11) is 1.38. The second-order valence-electron chi connectivity index (χ2n) is 7.78. The molecule has 2 aliphatic heterocycles. The van der Waals surface area contributed by atoms with Crippen LogP contribution in [-0.4, -0.2) is 67.6 Å². The van der Waals surface area contributed by atoms with Crippen LogP contribution in [0.5, 0.6) is 0 Å². The molecule has 2 aromatic rings. The highest BCUT2D eigenvalue weighted by Gasteiger charge is 2.36. The van der Waals surface area contributed by atoms with Gasteiger partial charge in [0.2, 0.25) is 5.91 Å². The molecule has 1 fully saturated rings. The molecule has 0 aromatic heterocycles. The number of esters is 1. The standard InChI is InChI=1S/C23H26ClN3O3/c1-30-23(29)21-13-17-5-2-3-6-18(17)15-27(21)22(28)16-25-9-11-26(12-10-25)20-8-4-7-19(24)14-20/h2-8,14,21H,9-13,15-16H2,1H3. The van der Waals surface area contributed by atoms with E-state index in [2.05, 4.69) is 15.9 Å². The molecular formula is C23H26ClN3O3. The fourth-order valence-electron chi connectivity index (χ4n) is 4.25. The monoisotopic (exact) mass is 427 g/mol. The van der Waals surface area contributed by atoms with Crippen LogP contribution in [0.1, 0.15) is 11.1 Å². The van der Waals surface area contributed by atoms with Gasteiger partial charge in [-0.25, -0.2) is 4.79 Å². The van der Waals surface area contributed by atoms with Crippen molar-refractivity contribution in [3.05, 3.63) is 64.7 Å². The average molecular weight is 428 g/mol. The molecule has 158 valence electrons. The summed E-state index contributed by atoms with van der Waals surface area (Å²) < 4.78 is 4.98. The van der Waals surface area contributed by atoms with Crippen molar-refractivity contribution in [3.8, 4) is 0 Å². The van der Waals surface area contributed by atoms with Crippen LogP contribution in [0, 0.1) is 0 Å². The molecule has 0 radical (unpaired) electrons. The highest BCUT2D eigenvalue weighted by molar-refractivity contribution is 6.30. The van der Waals surface area contributed by atoms with Gasteiger partial charge < -0.3 is 14.5 Å². The molecule has 2 aliphatic rings. The first kappa shape index (κ1) is 20.7. The van der Waals surface area contributed by atoms with Gasteiger partial charge in [-0.05, 0) is 29.3 Å². The number of carbonyl (C=O) groups excluding carboxylic acids is 2. The van der Waals surface area contributed by atoms with Crippen molar-refractivity contribution < 1.29 is 14.3 Å². The third-order valence-corrected chi connectivity index (χ3v) is 6.18. The average Bonchev–Trinajstić information content (AvgIpc) is 2.78. The maximum absolute atomic E-state index is 13.1. The molecule has 1 atom stereocenters. The molecule has 1 unspecified atom stereocenters. The predicted molar refractivity (Wildman–Crippen MR) is 117 cm³/mol. The highest BCUT2D eigenvalue weighted by Crippen LogP contribution is 2.25. The van der Waals surface area contributed by atoms with E-state index in [0.29, 0.717) is 19.5 Å². The van der Waals surface area contributed by atoms with Crippen molar-refractivity contribution in [2.24, 2.45) is 0 Å². The Kier molecular flexibility index (Phi) is 6.25. The van der Waals surface area contributed by atoms with Gasteiger partial charge in [-0.3, -0.25) is 9.69 Å². The van der Waals surface area contributed by atoms with E-state index < -0.39 is 6.04 Å². The fourth-order valence-corrected chi connectivity index (χ4v) is 4.44. The molecule has 0 bridgehead atoms. The smallest absolute Gasteiger partial charge is 0.328 e. The first-order chi connectivity index (χ1) is 14.5. The van der Waals surface area contributed by atoms with Gasteiger partial charge in [0.05, 0.1) is 13.7 Å². The number of rotatable bonds is 4. The Morgan fingerprint density at radius 3 is 2.47 bits per heavy atom. The van der Waals surface area contributed by atoms with Crippen molar-refractivity contribution >= 4 is 29.2 Å². The number of ether oxygens (including phenoxy) is 1. The third kappa shape index (κ3) is 4.45. The minimum absolute atomic E-state index is 0.0314. The Balaban J connectivity index is 1.40. The molecule has 1 amide bonds. The van der Waals surface area contributed by atoms with Gasteiger partial charge in [0.15, 0.2) is 0 Å². The van der Waals surface area contributed by atoms with E-state index >= 15 is 0 Å². The van der Waals surface area contributed by atoms with Crippen LogP contribution in [0.25, 0.3) is 0 Å². The van der Waals surface area contributed by atoms with Crippen molar-refractivity contribution in [2.75, 3.05) is 44.7 Å². The molecule has 6 nitrogen and oxygen atoms in total. The Morgan fingerprint density at radius 1 is 1.03 bits per heavy atom. The van der Waals surface area contributed by atoms with Crippen LogP contribution in [0.4, 0.5) is 5.69 Å². The number of hydrogen-bond donors (Lipinski definition) is 0. The van der Waals surface area contributed by atoms with E-state index in [1.807, 2.05) is 42.5 Å². The topological polar surface area (TPSA) is 53.1 Å². The summed E-state index contributed by atoms with van der Waals surface area (Å²) in [5.74, 6) is -0.389. The third-order valence-electron chi connectivity index (χ3n) is 5.95. The lowest BCUT2D eigenvalue weighted by Gasteiger charge is -2.39. The maximum Gasteiger partial charge on any atom is 0.328 e. The molecule has 0 saturated carbocycles. The summed E-state index contributed by atoms with van der Waals surface area (Å²) in [6.07, 6.45) is 0.497. The Labute approximate surface area is 182 Å². The van der Waals surface area contributed by atoms with E-state index in [4.69, 9.17) is 16.3 Å². The predicted octanol–water partition coefficient (Wildman–Crippen LogP) is 2.59. The van der Waals surface area contributed by atoms with Crippen LogP contribution in [-0.2, 0) is 27.3 Å². The summed E-state index contributed by atoms with van der Waals surface area (Å²) >= 11 is 6.11. The number of hydrogen-bond acceptors (Lipinski definition) is 5.